The van der Waals surface area contributed by atoms with Crippen LogP contribution in [0.3, 0.4) is 0 Å². The van der Waals surface area contributed by atoms with Crippen molar-refractivity contribution < 1.29 is 14.0 Å². The van der Waals surface area contributed by atoms with Crippen molar-refractivity contribution in [3.63, 3.8) is 0 Å². The van der Waals surface area contributed by atoms with E-state index in [1.807, 2.05) is 22.6 Å². The quantitative estimate of drug-likeness (QED) is 0.217. The highest BCUT2D eigenvalue weighted by molar-refractivity contribution is 14.1. The number of hydrogen-bond donors (Lipinski definition) is 5. The van der Waals surface area contributed by atoms with Gasteiger partial charge >= 0.3 is 0 Å². The molecule has 7 nitrogen and oxygen atoms in total. The fourth-order valence-electron chi connectivity index (χ4n) is 3.63. The summed E-state index contributed by atoms with van der Waals surface area (Å²) in [7, 11) is 0. The minimum absolute atomic E-state index is 0.198. The van der Waals surface area contributed by atoms with Crippen molar-refractivity contribution in [3.8, 4) is 0 Å². The highest BCUT2D eigenvalue weighted by Crippen LogP contribution is 2.40. The molecule has 10 heteroatoms. The van der Waals surface area contributed by atoms with Crippen LogP contribution in [0.15, 0.2) is 18.2 Å². The molecule has 0 bridgehead atoms. The number of likely N-dealkylation sites (N-methyl/N-ethyl adjacent to an activating group) is 1. The van der Waals surface area contributed by atoms with Gasteiger partial charge < -0.3 is 26.6 Å². The summed E-state index contributed by atoms with van der Waals surface area (Å²) in [6.07, 6.45) is 0.568. The first kappa shape index (κ1) is 25.9. The SMILES string of the molecule is CCNCCNCCNC(=O)c1c(Nc2ccc(I)cc2F)sc2c1CC(C)(C)CNC2=O. The number of benzene rings is 1. The summed E-state index contributed by atoms with van der Waals surface area (Å²) in [6, 6.07) is 4.86. The smallest absolute Gasteiger partial charge is 0.261 e. The molecule has 0 saturated heterocycles. The van der Waals surface area contributed by atoms with Crippen molar-refractivity contribution >= 4 is 56.4 Å². The Balaban J connectivity index is 1.85. The van der Waals surface area contributed by atoms with Gasteiger partial charge in [0.1, 0.15) is 10.8 Å². The van der Waals surface area contributed by atoms with Crippen molar-refractivity contribution in [2.45, 2.75) is 27.2 Å². The molecular formula is C23H31FIN5O2S. The monoisotopic (exact) mass is 587 g/mol. The van der Waals surface area contributed by atoms with Crippen LogP contribution < -0.4 is 26.6 Å². The zero-order valence-electron chi connectivity index (χ0n) is 19.2. The Bertz CT molecular complexity index is 1010. The first-order valence-corrected chi connectivity index (χ1v) is 13.0. The third-order valence-electron chi connectivity index (χ3n) is 5.32. The van der Waals surface area contributed by atoms with Crippen LogP contribution in [0.4, 0.5) is 15.1 Å². The molecule has 1 aliphatic heterocycles. The molecule has 2 amide bonds. The maximum Gasteiger partial charge on any atom is 0.261 e. The van der Waals surface area contributed by atoms with E-state index in [0.717, 1.165) is 23.2 Å². The molecule has 0 saturated carbocycles. The van der Waals surface area contributed by atoms with Gasteiger partial charge in [0, 0.05) is 36.3 Å². The van der Waals surface area contributed by atoms with Gasteiger partial charge in [-0.2, -0.15) is 0 Å². The van der Waals surface area contributed by atoms with E-state index >= 15 is 0 Å². The standard InChI is InChI=1S/C23H31FIN5O2S/c1-4-26-7-8-27-9-10-28-20(31)18-15-12-23(2,3)13-29-21(32)19(15)33-22(18)30-17-6-5-14(25)11-16(17)24/h5-6,11,26-27,30H,4,7-10,12-13H2,1-3H3,(H,28,31)(H,29,32). The van der Waals surface area contributed by atoms with E-state index in [9.17, 15) is 14.0 Å². The second-order valence-electron chi connectivity index (χ2n) is 8.75. The molecule has 1 aliphatic rings. The van der Waals surface area contributed by atoms with E-state index < -0.39 is 5.82 Å². The number of carbonyl (C=O) groups is 2. The van der Waals surface area contributed by atoms with Gasteiger partial charge in [0.25, 0.3) is 11.8 Å². The van der Waals surface area contributed by atoms with Crippen LogP contribution in [0.2, 0.25) is 0 Å². The fraction of sp³-hybridized carbons (Fsp3) is 0.478. The van der Waals surface area contributed by atoms with E-state index in [1.165, 1.54) is 17.4 Å². The molecule has 180 valence electrons. The third-order valence-corrected chi connectivity index (χ3v) is 7.14. The Morgan fingerprint density at radius 1 is 1.21 bits per heavy atom. The van der Waals surface area contributed by atoms with Gasteiger partial charge in [-0.1, -0.05) is 20.8 Å². The molecule has 5 N–H and O–H groups in total. The lowest BCUT2D eigenvalue weighted by Crippen LogP contribution is -2.35. The van der Waals surface area contributed by atoms with Gasteiger partial charge in [-0.25, -0.2) is 4.39 Å². The van der Waals surface area contributed by atoms with E-state index in [0.29, 0.717) is 47.1 Å². The molecule has 1 aromatic carbocycles. The topological polar surface area (TPSA) is 94.3 Å². The van der Waals surface area contributed by atoms with Crippen LogP contribution in [0.5, 0.6) is 0 Å². The van der Waals surface area contributed by atoms with E-state index in [2.05, 4.69) is 47.4 Å². The molecule has 0 spiro atoms. The lowest BCUT2D eigenvalue weighted by Gasteiger charge is -2.22. The number of thiophene rings is 1. The van der Waals surface area contributed by atoms with Crippen LogP contribution in [-0.2, 0) is 6.42 Å². The minimum Gasteiger partial charge on any atom is -0.351 e. The van der Waals surface area contributed by atoms with Crippen molar-refractivity contribution in [3.05, 3.63) is 43.6 Å². The summed E-state index contributed by atoms with van der Waals surface area (Å²) in [6.45, 7) is 10.4. The summed E-state index contributed by atoms with van der Waals surface area (Å²) in [5.41, 5.74) is 1.19. The predicted molar refractivity (Wildman–Crippen MR) is 140 cm³/mol. The molecule has 0 atom stereocenters. The number of hydrogen-bond acceptors (Lipinski definition) is 6. The zero-order chi connectivity index (χ0) is 24.0. The van der Waals surface area contributed by atoms with Crippen LogP contribution in [0.25, 0.3) is 0 Å². The van der Waals surface area contributed by atoms with E-state index in [4.69, 9.17) is 0 Å². The number of anilines is 2. The summed E-state index contributed by atoms with van der Waals surface area (Å²) in [4.78, 5) is 26.6. The average Bonchev–Trinajstić information content (AvgIpc) is 3.05. The Morgan fingerprint density at radius 2 is 1.94 bits per heavy atom. The maximum absolute atomic E-state index is 14.5. The Labute approximate surface area is 211 Å². The largest absolute Gasteiger partial charge is 0.351 e. The third kappa shape index (κ3) is 6.87. The van der Waals surface area contributed by atoms with Gasteiger partial charge in [-0.05, 0) is 64.7 Å². The number of nitrogens with one attached hydrogen (secondary N) is 5. The molecule has 0 radical (unpaired) electrons. The number of rotatable bonds is 10. The fourth-order valence-corrected chi connectivity index (χ4v) is 5.23. The summed E-state index contributed by atoms with van der Waals surface area (Å²) in [5, 5.41) is 16.0. The molecule has 3 rings (SSSR count). The van der Waals surface area contributed by atoms with Crippen LogP contribution >= 0.6 is 33.9 Å². The van der Waals surface area contributed by atoms with E-state index in [-0.39, 0.29) is 22.9 Å². The Morgan fingerprint density at radius 3 is 2.67 bits per heavy atom. The number of carbonyl (C=O) groups excluding carboxylic acids is 2. The summed E-state index contributed by atoms with van der Waals surface area (Å²) < 4.78 is 15.3. The number of fused-ring (bicyclic) bond motifs is 1. The highest BCUT2D eigenvalue weighted by Gasteiger charge is 2.34. The number of amides is 2. The van der Waals surface area contributed by atoms with Gasteiger partial charge in [0.2, 0.25) is 0 Å². The van der Waals surface area contributed by atoms with Crippen LogP contribution in [0, 0.1) is 14.8 Å². The molecular weight excluding hydrogens is 556 g/mol. The molecule has 2 aromatic rings. The van der Waals surface area contributed by atoms with Gasteiger partial charge in [0.05, 0.1) is 16.1 Å². The van der Waals surface area contributed by atoms with Crippen LogP contribution in [-0.4, -0.2) is 51.1 Å². The first-order chi connectivity index (χ1) is 15.7. The molecule has 0 aliphatic carbocycles. The second kappa shape index (κ2) is 11.6. The van der Waals surface area contributed by atoms with Crippen molar-refractivity contribution in [2.75, 3.05) is 44.6 Å². The second-order valence-corrected chi connectivity index (χ2v) is 11.0. The molecule has 0 unspecified atom stereocenters. The summed E-state index contributed by atoms with van der Waals surface area (Å²) in [5.74, 6) is -0.873. The van der Waals surface area contributed by atoms with Gasteiger partial charge in [-0.15, -0.1) is 11.3 Å². The zero-order valence-corrected chi connectivity index (χ0v) is 22.1. The van der Waals surface area contributed by atoms with Gasteiger partial charge in [0.15, 0.2) is 0 Å². The Kier molecular flexibility index (Phi) is 9.08. The maximum atomic E-state index is 14.5. The van der Waals surface area contributed by atoms with Crippen molar-refractivity contribution in [1.82, 2.24) is 21.3 Å². The van der Waals surface area contributed by atoms with Gasteiger partial charge in [-0.3, -0.25) is 9.59 Å². The van der Waals surface area contributed by atoms with Crippen LogP contribution in [0.1, 0.15) is 46.4 Å². The molecule has 33 heavy (non-hydrogen) atoms. The number of halogens is 2. The lowest BCUT2D eigenvalue weighted by molar-refractivity contribution is 0.0945. The predicted octanol–water partition coefficient (Wildman–Crippen LogP) is 3.48. The molecule has 1 aromatic heterocycles. The average molecular weight is 588 g/mol. The summed E-state index contributed by atoms with van der Waals surface area (Å²) >= 11 is 3.24. The lowest BCUT2D eigenvalue weighted by atomic mass is 9.85. The minimum atomic E-state index is -0.411. The molecule has 0 fully saturated rings. The van der Waals surface area contributed by atoms with E-state index in [1.54, 1.807) is 12.1 Å². The van der Waals surface area contributed by atoms with Crippen molar-refractivity contribution in [2.24, 2.45) is 5.41 Å². The Hall–Kier alpha value is -1.76. The normalized spacial score (nSPS) is 14.9. The molecule has 2 heterocycles. The van der Waals surface area contributed by atoms with Crippen molar-refractivity contribution in [1.29, 1.82) is 0 Å². The first-order valence-electron chi connectivity index (χ1n) is 11.1. The highest BCUT2D eigenvalue weighted by atomic mass is 127.